The van der Waals surface area contributed by atoms with E-state index in [9.17, 15) is 18.0 Å². The summed E-state index contributed by atoms with van der Waals surface area (Å²) < 4.78 is 28.7. The topological polar surface area (TPSA) is 86.8 Å². The molecule has 0 aliphatic carbocycles. The van der Waals surface area contributed by atoms with Crippen molar-refractivity contribution < 1.29 is 18.0 Å². The summed E-state index contributed by atoms with van der Waals surface area (Å²) in [5, 5.41) is 3.32. The molecule has 0 fully saturated rings. The van der Waals surface area contributed by atoms with Crippen molar-refractivity contribution in [1.29, 1.82) is 0 Å². The fraction of sp³-hybridized carbons (Fsp3) is 0.259. The molecule has 37 heavy (non-hydrogen) atoms. The molecule has 3 aromatic rings. The van der Waals surface area contributed by atoms with Crippen molar-refractivity contribution in [2.75, 3.05) is 17.9 Å². The second-order valence-corrected chi connectivity index (χ2v) is 11.1. The van der Waals surface area contributed by atoms with Gasteiger partial charge in [-0.25, -0.2) is 8.42 Å². The van der Waals surface area contributed by atoms with Gasteiger partial charge < -0.3 is 10.2 Å². The first kappa shape index (κ1) is 28.5. The Morgan fingerprint density at radius 3 is 2.22 bits per heavy atom. The number of nitrogens with zero attached hydrogens (tertiary/aromatic N) is 2. The van der Waals surface area contributed by atoms with Crippen LogP contribution >= 0.6 is 23.2 Å². The van der Waals surface area contributed by atoms with Crippen LogP contribution in [0, 0.1) is 0 Å². The second-order valence-electron chi connectivity index (χ2n) is 8.35. The summed E-state index contributed by atoms with van der Waals surface area (Å²) in [6.07, 6.45) is 0.559. The van der Waals surface area contributed by atoms with Gasteiger partial charge in [0.1, 0.15) is 12.6 Å². The Hall–Kier alpha value is -3.07. The second kappa shape index (κ2) is 12.4. The summed E-state index contributed by atoms with van der Waals surface area (Å²) in [5.41, 5.74) is 1.74. The highest BCUT2D eigenvalue weighted by Crippen LogP contribution is 2.29. The zero-order valence-electron chi connectivity index (χ0n) is 20.8. The summed E-state index contributed by atoms with van der Waals surface area (Å²) in [6.45, 7) is 2.96. The Morgan fingerprint density at radius 1 is 0.946 bits per heavy atom. The molecule has 0 bridgehead atoms. The highest BCUT2D eigenvalue weighted by molar-refractivity contribution is 7.92. The maximum absolute atomic E-state index is 13.8. The van der Waals surface area contributed by atoms with Crippen molar-refractivity contribution in [3.8, 4) is 0 Å². The van der Waals surface area contributed by atoms with Crippen LogP contribution in [0.1, 0.15) is 25.0 Å². The number of anilines is 1. The molecule has 3 rings (SSSR count). The van der Waals surface area contributed by atoms with E-state index in [1.54, 1.807) is 55.5 Å². The molecule has 0 saturated heterocycles. The smallest absolute Gasteiger partial charge is 0.264 e. The van der Waals surface area contributed by atoms with Crippen LogP contribution in [0.15, 0.2) is 77.7 Å². The molecule has 0 aromatic heterocycles. The van der Waals surface area contributed by atoms with E-state index < -0.39 is 34.4 Å². The SMILES string of the molecule is CCc1ccccc1N(CC(=O)N(Cc1ccc(Cl)cc1Cl)[C@@H](C)C(=O)NC)S(=O)(=O)c1ccccc1. The molecule has 3 aromatic carbocycles. The van der Waals surface area contributed by atoms with E-state index in [0.717, 1.165) is 9.87 Å². The molecule has 7 nitrogen and oxygen atoms in total. The van der Waals surface area contributed by atoms with E-state index in [1.165, 1.54) is 24.1 Å². The third-order valence-electron chi connectivity index (χ3n) is 6.02. The maximum Gasteiger partial charge on any atom is 0.264 e. The minimum absolute atomic E-state index is 0.0158. The molecule has 0 aliphatic rings. The van der Waals surface area contributed by atoms with Gasteiger partial charge in [-0.15, -0.1) is 0 Å². The highest BCUT2D eigenvalue weighted by Gasteiger charge is 2.33. The molecule has 0 spiro atoms. The first-order chi connectivity index (χ1) is 17.6. The number of nitrogens with one attached hydrogen (secondary N) is 1. The number of halogens is 2. The minimum atomic E-state index is -4.11. The van der Waals surface area contributed by atoms with E-state index in [1.807, 2.05) is 19.1 Å². The van der Waals surface area contributed by atoms with E-state index >= 15 is 0 Å². The van der Waals surface area contributed by atoms with Crippen LogP contribution < -0.4 is 9.62 Å². The van der Waals surface area contributed by atoms with Gasteiger partial charge in [0, 0.05) is 23.6 Å². The van der Waals surface area contributed by atoms with E-state index in [4.69, 9.17) is 23.2 Å². The molecule has 0 saturated carbocycles. The Morgan fingerprint density at radius 2 is 1.59 bits per heavy atom. The first-order valence-corrected chi connectivity index (χ1v) is 13.9. The number of hydrogen-bond acceptors (Lipinski definition) is 4. The quantitative estimate of drug-likeness (QED) is 0.380. The monoisotopic (exact) mass is 561 g/mol. The van der Waals surface area contributed by atoms with Crippen molar-refractivity contribution in [3.05, 3.63) is 94.0 Å². The molecule has 196 valence electrons. The average Bonchev–Trinajstić information content (AvgIpc) is 2.90. The lowest BCUT2D eigenvalue weighted by molar-refractivity contribution is -0.139. The van der Waals surface area contributed by atoms with Crippen LogP contribution in [0.5, 0.6) is 0 Å². The third-order valence-corrected chi connectivity index (χ3v) is 8.38. The van der Waals surface area contributed by atoms with Gasteiger partial charge in [0.2, 0.25) is 11.8 Å². The third kappa shape index (κ3) is 6.63. The summed E-state index contributed by atoms with van der Waals surface area (Å²) in [6, 6.07) is 19.0. The van der Waals surface area contributed by atoms with Gasteiger partial charge in [-0.1, -0.05) is 72.6 Å². The predicted molar refractivity (Wildman–Crippen MR) is 147 cm³/mol. The van der Waals surface area contributed by atoms with E-state index in [-0.39, 0.29) is 11.4 Å². The number of carbonyl (C=O) groups excluding carboxylic acids is 2. The average molecular weight is 563 g/mol. The molecule has 1 N–H and O–H groups in total. The lowest BCUT2D eigenvalue weighted by atomic mass is 10.1. The molecule has 10 heteroatoms. The van der Waals surface area contributed by atoms with Gasteiger partial charge in [-0.05, 0) is 54.8 Å². The van der Waals surface area contributed by atoms with Gasteiger partial charge >= 0.3 is 0 Å². The highest BCUT2D eigenvalue weighted by atomic mass is 35.5. The van der Waals surface area contributed by atoms with Crippen molar-refractivity contribution in [1.82, 2.24) is 10.2 Å². The van der Waals surface area contributed by atoms with Crippen molar-refractivity contribution in [2.45, 2.75) is 37.8 Å². The van der Waals surface area contributed by atoms with Gasteiger partial charge in [-0.2, -0.15) is 0 Å². The fourth-order valence-corrected chi connectivity index (χ4v) is 5.85. The Bertz CT molecular complexity index is 1370. The number of rotatable bonds is 10. The number of para-hydroxylation sites is 1. The normalized spacial score (nSPS) is 12.0. The number of amides is 2. The molecular weight excluding hydrogens is 533 g/mol. The van der Waals surface area contributed by atoms with Crippen LogP contribution in [0.4, 0.5) is 5.69 Å². The first-order valence-electron chi connectivity index (χ1n) is 11.7. The zero-order valence-corrected chi connectivity index (χ0v) is 23.1. The van der Waals surface area contributed by atoms with E-state index in [2.05, 4.69) is 5.32 Å². The summed E-state index contributed by atoms with van der Waals surface area (Å²) in [4.78, 5) is 27.8. The van der Waals surface area contributed by atoms with Gasteiger partial charge in [0.05, 0.1) is 10.6 Å². The molecule has 1 atom stereocenters. The number of sulfonamides is 1. The van der Waals surface area contributed by atoms with Crippen LogP contribution in [-0.4, -0.2) is 44.8 Å². The standard InChI is InChI=1S/C27H29Cl2N3O4S/c1-4-20-10-8-9-13-25(20)32(37(35,36)23-11-6-5-7-12-23)18-26(33)31(19(2)27(34)30-3)17-21-14-15-22(28)16-24(21)29/h5-16,19H,4,17-18H2,1-3H3,(H,30,34)/t19-/m0/s1. The Balaban J connectivity index is 2.08. The summed E-state index contributed by atoms with van der Waals surface area (Å²) in [7, 11) is -2.64. The lowest BCUT2D eigenvalue weighted by Gasteiger charge is -2.32. The zero-order chi connectivity index (χ0) is 27.2. The number of benzene rings is 3. The molecule has 0 radical (unpaired) electrons. The predicted octanol–water partition coefficient (Wildman–Crippen LogP) is 4.91. The minimum Gasteiger partial charge on any atom is -0.357 e. The van der Waals surface area contributed by atoms with Crippen molar-refractivity contribution in [2.24, 2.45) is 0 Å². The number of aryl methyl sites for hydroxylation is 1. The van der Waals surface area contributed by atoms with Crippen molar-refractivity contribution in [3.63, 3.8) is 0 Å². The van der Waals surface area contributed by atoms with Gasteiger partial charge in [0.15, 0.2) is 0 Å². The summed E-state index contributed by atoms with van der Waals surface area (Å²) in [5.74, 6) is -0.961. The summed E-state index contributed by atoms with van der Waals surface area (Å²) >= 11 is 12.4. The van der Waals surface area contributed by atoms with Gasteiger partial charge in [-0.3, -0.25) is 13.9 Å². The maximum atomic E-state index is 13.8. The van der Waals surface area contributed by atoms with Crippen LogP contribution in [0.25, 0.3) is 0 Å². The van der Waals surface area contributed by atoms with Gasteiger partial charge in [0.25, 0.3) is 10.0 Å². The van der Waals surface area contributed by atoms with Crippen LogP contribution in [0.2, 0.25) is 10.0 Å². The largest absolute Gasteiger partial charge is 0.357 e. The van der Waals surface area contributed by atoms with Crippen LogP contribution in [-0.2, 0) is 32.6 Å². The lowest BCUT2D eigenvalue weighted by Crippen LogP contribution is -2.50. The molecule has 0 unspecified atom stereocenters. The van der Waals surface area contributed by atoms with Crippen molar-refractivity contribution >= 4 is 50.7 Å². The molecule has 0 heterocycles. The van der Waals surface area contributed by atoms with E-state index in [0.29, 0.717) is 27.7 Å². The fourth-order valence-electron chi connectivity index (χ4n) is 3.91. The number of carbonyl (C=O) groups is 2. The molecule has 2 amide bonds. The Labute approximate surface area is 228 Å². The molecular formula is C27H29Cl2N3O4S. The number of likely N-dealkylation sites (N-methyl/N-ethyl adjacent to an activating group) is 1. The van der Waals surface area contributed by atoms with Crippen LogP contribution in [0.3, 0.4) is 0 Å². The number of hydrogen-bond donors (Lipinski definition) is 1. The Kier molecular flexibility index (Phi) is 9.59. The molecule has 0 aliphatic heterocycles.